The molecule has 3 amide bonds. The molecule has 0 radical (unpaired) electrons. The number of benzene rings is 2. The van der Waals surface area contributed by atoms with E-state index in [1.165, 1.54) is 17.0 Å². The lowest BCUT2D eigenvalue weighted by Crippen LogP contribution is -2.31. The maximum Gasteiger partial charge on any atom is 0.261 e. The van der Waals surface area contributed by atoms with Gasteiger partial charge in [0.25, 0.3) is 17.7 Å². The third-order valence-corrected chi connectivity index (χ3v) is 4.92. The molecule has 0 saturated carbocycles. The maximum atomic E-state index is 12.7. The number of nitrogens with one attached hydrogen (secondary N) is 1. The van der Waals surface area contributed by atoms with Crippen molar-refractivity contribution in [2.45, 2.75) is 19.4 Å². The predicted molar refractivity (Wildman–Crippen MR) is 107 cm³/mol. The molecule has 1 aliphatic heterocycles. The van der Waals surface area contributed by atoms with E-state index < -0.39 is 0 Å². The first-order valence-corrected chi connectivity index (χ1v) is 9.41. The zero-order chi connectivity index (χ0) is 21.0. The average Bonchev–Trinajstić information content (AvgIpc) is 2.98. The van der Waals surface area contributed by atoms with Crippen molar-refractivity contribution in [3.63, 3.8) is 0 Å². The summed E-state index contributed by atoms with van der Waals surface area (Å²) in [6.45, 7) is 2.60. The lowest BCUT2D eigenvalue weighted by molar-refractivity contribution is 0.0638. The summed E-state index contributed by atoms with van der Waals surface area (Å²) in [7, 11) is 3.15. The van der Waals surface area contributed by atoms with E-state index in [4.69, 9.17) is 9.47 Å². The van der Waals surface area contributed by atoms with E-state index in [2.05, 4.69) is 5.32 Å². The minimum absolute atomic E-state index is 0.255. The summed E-state index contributed by atoms with van der Waals surface area (Å²) >= 11 is 0. The molecule has 1 N–H and O–H groups in total. The van der Waals surface area contributed by atoms with Gasteiger partial charge in [-0.2, -0.15) is 0 Å². The van der Waals surface area contributed by atoms with E-state index in [0.717, 1.165) is 5.56 Å². The van der Waals surface area contributed by atoms with E-state index in [9.17, 15) is 14.4 Å². The molecule has 0 saturated heterocycles. The van der Waals surface area contributed by atoms with Gasteiger partial charge in [0.15, 0.2) is 0 Å². The van der Waals surface area contributed by atoms with Crippen LogP contribution in [-0.4, -0.2) is 50.0 Å². The molecule has 7 nitrogen and oxygen atoms in total. The standard InChI is InChI=1S/C22H24N2O5/c1-14(16-7-4-5-8-19(16)29-3)23-20(25)15-9-10-17-18(13-15)22(27)24(21(17)26)11-6-12-28-2/h4-5,7-10,13-14H,6,11-12H2,1-3H3,(H,23,25)/t14-/m0/s1. The van der Waals surface area contributed by atoms with Crippen molar-refractivity contribution in [3.05, 3.63) is 64.7 Å². The van der Waals surface area contributed by atoms with E-state index in [-0.39, 0.29) is 35.9 Å². The van der Waals surface area contributed by atoms with Gasteiger partial charge >= 0.3 is 0 Å². The monoisotopic (exact) mass is 396 g/mol. The van der Waals surface area contributed by atoms with Gasteiger partial charge in [0.05, 0.1) is 24.3 Å². The second kappa shape index (κ2) is 8.87. The van der Waals surface area contributed by atoms with E-state index in [1.807, 2.05) is 31.2 Å². The fraction of sp³-hybridized carbons (Fsp3) is 0.318. The zero-order valence-corrected chi connectivity index (χ0v) is 16.7. The van der Waals surface area contributed by atoms with Crippen LogP contribution in [0.2, 0.25) is 0 Å². The Morgan fingerprint density at radius 3 is 2.52 bits per heavy atom. The van der Waals surface area contributed by atoms with Crippen LogP contribution in [0, 0.1) is 0 Å². The smallest absolute Gasteiger partial charge is 0.261 e. The summed E-state index contributed by atoms with van der Waals surface area (Å²) in [5.41, 5.74) is 1.75. The summed E-state index contributed by atoms with van der Waals surface area (Å²) in [6, 6.07) is 11.7. The molecule has 152 valence electrons. The normalized spacial score (nSPS) is 14.0. The number of amides is 3. The van der Waals surface area contributed by atoms with Crippen LogP contribution in [0.15, 0.2) is 42.5 Å². The van der Waals surface area contributed by atoms with Crippen molar-refractivity contribution < 1.29 is 23.9 Å². The molecule has 1 heterocycles. The number of hydrogen-bond acceptors (Lipinski definition) is 5. The predicted octanol–water partition coefficient (Wildman–Crippen LogP) is 2.82. The minimum atomic E-state index is -0.381. The third-order valence-electron chi connectivity index (χ3n) is 4.92. The van der Waals surface area contributed by atoms with Crippen LogP contribution in [0.5, 0.6) is 5.75 Å². The van der Waals surface area contributed by atoms with Gasteiger partial charge in [-0.3, -0.25) is 19.3 Å². The Balaban J connectivity index is 1.76. The minimum Gasteiger partial charge on any atom is -0.496 e. The highest BCUT2D eigenvalue weighted by atomic mass is 16.5. The molecule has 7 heteroatoms. The number of methoxy groups -OCH3 is 2. The number of para-hydroxylation sites is 1. The van der Waals surface area contributed by atoms with Gasteiger partial charge < -0.3 is 14.8 Å². The summed E-state index contributed by atoms with van der Waals surface area (Å²) in [5, 5.41) is 2.91. The van der Waals surface area contributed by atoms with E-state index in [0.29, 0.717) is 29.9 Å². The molecule has 1 aliphatic rings. The van der Waals surface area contributed by atoms with Gasteiger partial charge in [-0.15, -0.1) is 0 Å². The molecule has 1 atom stereocenters. The van der Waals surface area contributed by atoms with Crippen molar-refractivity contribution in [1.82, 2.24) is 10.2 Å². The van der Waals surface area contributed by atoms with Gasteiger partial charge in [-0.1, -0.05) is 18.2 Å². The second-order valence-corrected chi connectivity index (χ2v) is 6.81. The van der Waals surface area contributed by atoms with Crippen molar-refractivity contribution >= 4 is 17.7 Å². The summed E-state index contributed by atoms with van der Waals surface area (Å²) in [4.78, 5) is 39.0. The van der Waals surface area contributed by atoms with Gasteiger partial charge in [0.2, 0.25) is 0 Å². The molecule has 29 heavy (non-hydrogen) atoms. The molecule has 0 aliphatic carbocycles. The van der Waals surface area contributed by atoms with Crippen molar-refractivity contribution in [1.29, 1.82) is 0 Å². The SMILES string of the molecule is COCCCN1C(=O)c2ccc(C(=O)N[C@@H](C)c3ccccc3OC)cc2C1=O. The van der Waals surface area contributed by atoms with Crippen LogP contribution < -0.4 is 10.1 Å². The van der Waals surface area contributed by atoms with Crippen LogP contribution in [0.4, 0.5) is 0 Å². The number of imide groups is 1. The van der Waals surface area contributed by atoms with Gasteiger partial charge in [0, 0.05) is 31.4 Å². The van der Waals surface area contributed by atoms with Crippen LogP contribution in [0.3, 0.4) is 0 Å². The van der Waals surface area contributed by atoms with E-state index in [1.54, 1.807) is 20.3 Å². The fourth-order valence-electron chi connectivity index (χ4n) is 3.38. The topological polar surface area (TPSA) is 84.9 Å². The Kier molecular flexibility index (Phi) is 6.29. The zero-order valence-electron chi connectivity index (χ0n) is 16.7. The molecule has 2 aromatic rings. The molecule has 0 aromatic heterocycles. The Bertz CT molecular complexity index is 941. The second-order valence-electron chi connectivity index (χ2n) is 6.81. The molecule has 0 unspecified atom stereocenters. The first kappa shape index (κ1) is 20.5. The highest BCUT2D eigenvalue weighted by Crippen LogP contribution is 2.26. The van der Waals surface area contributed by atoms with Crippen LogP contribution in [0.1, 0.15) is 56.0 Å². The lowest BCUT2D eigenvalue weighted by atomic mass is 10.0. The summed E-state index contributed by atoms with van der Waals surface area (Å²) < 4.78 is 10.3. The average molecular weight is 396 g/mol. The molecule has 3 rings (SSSR count). The number of rotatable bonds is 8. The number of fused-ring (bicyclic) bond motifs is 1. The van der Waals surface area contributed by atoms with Crippen LogP contribution >= 0.6 is 0 Å². The number of carbonyl (C=O) groups excluding carboxylic acids is 3. The summed E-state index contributed by atoms with van der Waals surface area (Å²) in [5.74, 6) is -0.366. The van der Waals surface area contributed by atoms with Crippen molar-refractivity contribution in [2.75, 3.05) is 27.4 Å². The molecular formula is C22H24N2O5. The molecule has 0 spiro atoms. The molecule has 2 aromatic carbocycles. The first-order chi connectivity index (χ1) is 14.0. The first-order valence-electron chi connectivity index (χ1n) is 9.41. The number of ether oxygens (including phenoxy) is 2. The largest absolute Gasteiger partial charge is 0.496 e. The molecule has 0 fully saturated rings. The maximum absolute atomic E-state index is 12.7. The fourth-order valence-corrected chi connectivity index (χ4v) is 3.38. The van der Waals surface area contributed by atoms with Crippen molar-refractivity contribution in [3.8, 4) is 5.75 Å². The Hall–Kier alpha value is -3.19. The Labute approximate surface area is 169 Å². The summed E-state index contributed by atoms with van der Waals surface area (Å²) in [6.07, 6.45) is 0.561. The van der Waals surface area contributed by atoms with E-state index >= 15 is 0 Å². The number of carbonyl (C=O) groups is 3. The van der Waals surface area contributed by atoms with Gasteiger partial charge in [0.1, 0.15) is 5.75 Å². The lowest BCUT2D eigenvalue weighted by Gasteiger charge is -2.17. The highest BCUT2D eigenvalue weighted by molar-refractivity contribution is 6.22. The Morgan fingerprint density at radius 1 is 1.07 bits per heavy atom. The van der Waals surface area contributed by atoms with Gasteiger partial charge in [-0.05, 0) is 37.6 Å². The third kappa shape index (κ3) is 4.14. The number of nitrogens with zero attached hydrogens (tertiary/aromatic N) is 1. The number of hydrogen-bond donors (Lipinski definition) is 1. The van der Waals surface area contributed by atoms with Crippen LogP contribution in [-0.2, 0) is 4.74 Å². The van der Waals surface area contributed by atoms with Gasteiger partial charge in [-0.25, -0.2) is 0 Å². The highest BCUT2D eigenvalue weighted by Gasteiger charge is 2.35. The molecular weight excluding hydrogens is 372 g/mol. The van der Waals surface area contributed by atoms with Crippen LogP contribution in [0.25, 0.3) is 0 Å². The Morgan fingerprint density at radius 2 is 1.79 bits per heavy atom. The quantitative estimate of drug-likeness (QED) is 0.548. The van der Waals surface area contributed by atoms with Crippen molar-refractivity contribution in [2.24, 2.45) is 0 Å². The molecule has 0 bridgehead atoms.